The number of hydrogen-bond acceptors (Lipinski definition) is 1. The highest BCUT2D eigenvalue weighted by atomic mass is 35.5. The maximum atomic E-state index is 13.0. The Balaban J connectivity index is 2.63. The van der Waals surface area contributed by atoms with Crippen LogP contribution in [0.15, 0.2) is 18.2 Å². The molecule has 0 spiro atoms. The van der Waals surface area contributed by atoms with Gasteiger partial charge in [0.1, 0.15) is 5.82 Å². The number of benzene rings is 1. The van der Waals surface area contributed by atoms with Crippen molar-refractivity contribution >= 4 is 17.3 Å². The standard InChI is InChI=1S/C14H21ClFN/c1-4-10(3)8-11(5-2)17-12-6-7-14(16)13(15)9-12/h6-7,9-11,17H,4-5,8H2,1-3H3. The minimum atomic E-state index is -0.368. The predicted molar refractivity (Wildman–Crippen MR) is 73.2 cm³/mol. The summed E-state index contributed by atoms with van der Waals surface area (Å²) < 4.78 is 13.0. The summed E-state index contributed by atoms with van der Waals surface area (Å²) in [6, 6.07) is 5.21. The van der Waals surface area contributed by atoms with E-state index in [0.29, 0.717) is 12.0 Å². The summed E-state index contributed by atoms with van der Waals surface area (Å²) in [6.45, 7) is 6.61. The van der Waals surface area contributed by atoms with Gasteiger partial charge in [0.05, 0.1) is 5.02 Å². The van der Waals surface area contributed by atoms with Crippen molar-refractivity contribution in [1.82, 2.24) is 0 Å². The largest absolute Gasteiger partial charge is 0.382 e. The van der Waals surface area contributed by atoms with E-state index in [1.54, 1.807) is 12.1 Å². The van der Waals surface area contributed by atoms with Crippen LogP contribution in [0.1, 0.15) is 40.0 Å². The molecule has 0 aliphatic heterocycles. The zero-order valence-electron chi connectivity index (χ0n) is 10.8. The summed E-state index contributed by atoms with van der Waals surface area (Å²) in [5.74, 6) is 0.329. The Morgan fingerprint density at radius 1 is 1.29 bits per heavy atom. The Morgan fingerprint density at radius 3 is 2.53 bits per heavy atom. The summed E-state index contributed by atoms with van der Waals surface area (Å²) >= 11 is 5.76. The number of halogens is 2. The average molecular weight is 258 g/mol. The van der Waals surface area contributed by atoms with Gasteiger partial charge in [-0.05, 0) is 37.0 Å². The fourth-order valence-electron chi connectivity index (χ4n) is 1.80. The first-order valence-electron chi connectivity index (χ1n) is 6.28. The molecule has 2 unspecified atom stereocenters. The normalized spacial score (nSPS) is 14.4. The first kappa shape index (κ1) is 14.3. The van der Waals surface area contributed by atoms with Crippen molar-refractivity contribution in [2.24, 2.45) is 5.92 Å². The maximum absolute atomic E-state index is 13.0. The zero-order chi connectivity index (χ0) is 12.8. The number of rotatable bonds is 6. The van der Waals surface area contributed by atoms with Crippen LogP contribution in [0.4, 0.5) is 10.1 Å². The summed E-state index contributed by atoms with van der Waals surface area (Å²) in [4.78, 5) is 0. The van der Waals surface area contributed by atoms with Crippen molar-refractivity contribution in [3.05, 3.63) is 29.0 Å². The second-order valence-corrected chi connectivity index (χ2v) is 5.03. The van der Waals surface area contributed by atoms with E-state index < -0.39 is 0 Å². The zero-order valence-corrected chi connectivity index (χ0v) is 11.5. The third kappa shape index (κ3) is 4.55. The molecule has 17 heavy (non-hydrogen) atoms. The van der Waals surface area contributed by atoms with Crippen LogP contribution in [-0.4, -0.2) is 6.04 Å². The van der Waals surface area contributed by atoms with Gasteiger partial charge in [0, 0.05) is 11.7 Å². The Hall–Kier alpha value is -0.760. The van der Waals surface area contributed by atoms with E-state index in [0.717, 1.165) is 18.5 Å². The molecule has 2 atom stereocenters. The molecule has 0 amide bonds. The first-order valence-corrected chi connectivity index (χ1v) is 6.66. The van der Waals surface area contributed by atoms with Crippen molar-refractivity contribution in [3.63, 3.8) is 0 Å². The molecule has 0 fully saturated rings. The lowest BCUT2D eigenvalue weighted by Gasteiger charge is -2.21. The maximum Gasteiger partial charge on any atom is 0.141 e. The van der Waals surface area contributed by atoms with Gasteiger partial charge in [-0.25, -0.2) is 4.39 Å². The van der Waals surface area contributed by atoms with Crippen LogP contribution < -0.4 is 5.32 Å². The third-order valence-corrected chi connectivity index (χ3v) is 3.46. The van der Waals surface area contributed by atoms with E-state index in [9.17, 15) is 4.39 Å². The van der Waals surface area contributed by atoms with Gasteiger partial charge in [0.2, 0.25) is 0 Å². The molecule has 1 rings (SSSR count). The van der Waals surface area contributed by atoms with Gasteiger partial charge in [-0.1, -0.05) is 38.8 Å². The van der Waals surface area contributed by atoms with E-state index >= 15 is 0 Å². The lowest BCUT2D eigenvalue weighted by molar-refractivity contribution is 0.462. The Labute approximate surface area is 108 Å². The monoisotopic (exact) mass is 257 g/mol. The van der Waals surface area contributed by atoms with Crippen LogP contribution in [0.5, 0.6) is 0 Å². The smallest absolute Gasteiger partial charge is 0.141 e. The molecule has 1 aromatic rings. The van der Waals surface area contributed by atoms with Gasteiger partial charge in [-0.2, -0.15) is 0 Å². The minimum Gasteiger partial charge on any atom is -0.382 e. The van der Waals surface area contributed by atoms with Gasteiger partial charge >= 0.3 is 0 Å². The molecule has 0 aromatic heterocycles. The molecule has 0 radical (unpaired) electrons. The first-order chi connectivity index (χ1) is 8.06. The molecule has 0 aliphatic rings. The fourth-order valence-corrected chi connectivity index (χ4v) is 1.98. The Morgan fingerprint density at radius 2 is 2.00 bits per heavy atom. The lowest BCUT2D eigenvalue weighted by atomic mass is 9.97. The second-order valence-electron chi connectivity index (χ2n) is 4.63. The van der Waals surface area contributed by atoms with Crippen molar-refractivity contribution in [1.29, 1.82) is 0 Å². The van der Waals surface area contributed by atoms with Gasteiger partial charge < -0.3 is 5.32 Å². The quantitative estimate of drug-likeness (QED) is 0.747. The number of anilines is 1. The van der Waals surface area contributed by atoms with Crippen molar-refractivity contribution in [2.75, 3.05) is 5.32 Å². The van der Waals surface area contributed by atoms with Crippen LogP contribution in [0.3, 0.4) is 0 Å². The Bertz CT molecular complexity index is 354. The molecule has 0 bridgehead atoms. The highest BCUT2D eigenvalue weighted by Crippen LogP contribution is 2.22. The van der Waals surface area contributed by atoms with Gasteiger partial charge in [-0.3, -0.25) is 0 Å². The average Bonchev–Trinajstić information content (AvgIpc) is 2.32. The van der Waals surface area contributed by atoms with Crippen molar-refractivity contribution in [3.8, 4) is 0 Å². The molecule has 1 aromatic carbocycles. The molecule has 0 saturated heterocycles. The van der Waals surface area contributed by atoms with Crippen LogP contribution >= 0.6 is 11.6 Å². The van der Waals surface area contributed by atoms with E-state index in [-0.39, 0.29) is 10.8 Å². The van der Waals surface area contributed by atoms with Crippen molar-refractivity contribution < 1.29 is 4.39 Å². The van der Waals surface area contributed by atoms with E-state index in [1.165, 1.54) is 12.5 Å². The molecule has 1 N–H and O–H groups in total. The SMILES string of the molecule is CCC(C)CC(CC)Nc1ccc(F)c(Cl)c1. The topological polar surface area (TPSA) is 12.0 Å². The molecular formula is C14H21ClFN. The van der Waals surface area contributed by atoms with Crippen LogP contribution in [0.25, 0.3) is 0 Å². The molecule has 3 heteroatoms. The van der Waals surface area contributed by atoms with Crippen molar-refractivity contribution in [2.45, 2.75) is 46.1 Å². The van der Waals surface area contributed by atoms with E-state index in [2.05, 4.69) is 26.1 Å². The molecular weight excluding hydrogens is 237 g/mol. The second kappa shape index (κ2) is 6.85. The number of nitrogens with one attached hydrogen (secondary N) is 1. The molecule has 0 saturated carbocycles. The van der Waals surface area contributed by atoms with Crippen LogP contribution in [-0.2, 0) is 0 Å². The molecule has 1 nitrogen and oxygen atoms in total. The van der Waals surface area contributed by atoms with Gasteiger partial charge in [-0.15, -0.1) is 0 Å². The highest BCUT2D eigenvalue weighted by molar-refractivity contribution is 6.31. The van der Waals surface area contributed by atoms with Crippen LogP contribution in [0.2, 0.25) is 5.02 Å². The summed E-state index contributed by atoms with van der Waals surface area (Å²) in [6.07, 6.45) is 3.36. The summed E-state index contributed by atoms with van der Waals surface area (Å²) in [5.41, 5.74) is 0.895. The Kier molecular flexibility index (Phi) is 5.76. The lowest BCUT2D eigenvalue weighted by Crippen LogP contribution is -2.21. The molecule has 96 valence electrons. The molecule has 0 heterocycles. The van der Waals surface area contributed by atoms with Gasteiger partial charge in [0.15, 0.2) is 0 Å². The minimum absolute atomic E-state index is 0.174. The van der Waals surface area contributed by atoms with Gasteiger partial charge in [0.25, 0.3) is 0 Å². The number of hydrogen-bond donors (Lipinski definition) is 1. The highest BCUT2D eigenvalue weighted by Gasteiger charge is 2.11. The molecule has 0 aliphatic carbocycles. The summed E-state index contributed by atoms with van der Waals surface area (Å²) in [5, 5.41) is 3.59. The predicted octanol–water partition coefficient (Wildman–Crippen LogP) is 5.11. The van der Waals surface area contributed by atoms with E-state index in [4.69, 9.17) is 11.6 Å². The van der Waals surface area contributed by atoms with Crippen LogP contribution in [0, 0.1) is 11.7 Å². The van der Waals surface area contributed by atoms with E-state index in [1.807, 2.05) is 0 Å². The summed E-state index contributed by atoms with van der Waals surface area (Å²) in [7, 11) is 0. The third-order valence-electron chi connectivity index (χ3n) is 3.17. The fraction of sp³-hybridized carbons (Fsp3) is 0.571.